The lowest BCUT2D eigenvalue weighted by Gasteiger charge is -2.04. The van der Waals surface area contributed by atoms with E-state index >= 15 is 0 Å². The van der Waals surface area contributed by atoms with E-state index in [0.29, 0.717) is 26.3 Å². The number of nitrogens with zero attached hydrogens (tertiary/aromatic N) is 2. The van der Waals surface area contributed by atoms with E-state index in [9.17, 15) is 10.1 Å². The number of hydrogen-bond acceptors (Lipinski definition) is 5. The summed E-state index contributed by atoms with van der Waals surface area (Å²) in [5.74, 6) is -0.131. The molecule has 0 atom stereocenters. The van der Waals surface area contributed by atoms with Gasteiger partial charge in [-0.05, 0) is 36.4 Å². The molecule has 1 heterocycles. The van der Waals surface area contributed by atoms with Crippen LogP contribution in [0.5, 0.6) is 0 Å². The van der Waals surface area contributed by atoms with E-state index in [0.717, 1.165) is 16.9 Å². The Morgan fingerprint density at radius 3 is 2.50 bits per heavy atom. The number of anilines is 2. The first-order valence-electron chi connectivity index (χ1n) is 8.12. The number of allylic oxidation sites excluding steroid dienone is 1. The molecule has 0 unspecified atom stereocenters. The standard InChI is InChI=1S/C20H14Cl2N4OS/c1-12(27)25-16-5-3-15(4-6-16)24-10-14(9-23)20-26-19(11-28-20)13-2-7-17(21)18(22)8-13/h2-8,10-11,24H,1H3,(H,25,27)/b14-10+. The molecule has 0 saturated heterocycles. The molecular weight excluding hydrogens is 415 g/mol. The van der Waals surface area contributed by atoms with Gasteiger partial charge in [0, 0.05) is 35.4 Å². The van der Waals surface area contributed by atoms with E-state index in [2.05, 4.69) is 21.7 Å². The van der Waals surface area contributed by atoms with Gasteiger partial charge in [0.1, 0.15) is 16.6 Å². The number of benzene rings is 2. The zero-order valence-corrected chi connectivity index (χ0v) is 17.0. The summed E-state index contributed by atoms with van der Waals surface area (Å²) < 4.78 is 0. The summed E-state index contributed by atoms with van der Waals surface area (Å²) in [6, 6.07) is 14.6. The zero-order valence-electron chi connectivity index (χ0n) is 14.7. The van der Waals surface area contributed by atoms with Gasteiger partial charge in [-0.2, -0.15) is 5.26 Å². The van der Waals surface area contributed by atoms with E-state index < -0.39 is 0 Å². The number of rotatable bonds is 5. The summed E-state index contributed by atoms with van der Waals surface area (Å²) in [5.41, 5.74) is 3.44. The molecule has 140 valence electrons. The number of thiazole rings is 1. The van der Waals surface area contributed by atoms with Crippen LogP contribution < -0.4 is 10.6 Å². The molecular formula is C20H14Cl2N4OS. The Morgan fingerprint density at radius 1 is 1.14 bits per heavy atom. The Morgan fingerprint density at radius 2 is 1.86 bits per heavy atom. The van der Waals surface area contributed by atoms with Crippen LogP contribution in [0.1, 0.15) is 11.9 Å². The molecule has 5 nitrogen and oxygen atoms in total. The van der Waals surface area contributed by atoms with Crippen molar-refractivity contribution in [3.63, 3.8) is 0 Å². The van der Waals surface area contributed by atoms with Gasteiger partial charge in [0.15, 0.2) is 0 Å². The molecule has 28 heavy (non-hydrogen) atoms. The lowest BCUT2D eigenvalue weighted by molar-refractivity contribution is -0.114. The second kappa shape index (κ2) is 8.89. The lowest BCUT2D eigenvalue weighted by Crippen LogP contribution is -2.05. The number of carbonyl (C=O) groups excluding carboxylic acids is 1. The molecule has 0 saturated carbocycles. The van der Waals surface area contributed by atoms with Gasteiger partial charge in [0.25, 0.3) is 0 Å². The number of nitrogens with one attached hydrogen (secondary N) is 2. The van der Waals surface area contributed by atoms with Crippen molar-refractivity contribution in [2.45, 2.75) is 6.92 Å². The number of amides is 1. The molecule has 3 rings (SSSR count). The molecule has 3 aromatic rings. The van der Waals surface area contributed by atoms with Crippen molar-refractivity contribution in [1.82, 2.24) is 4.98 Å². The second-order valence-corrected chi connectivity index (χ2v) is 7.41. The highest BCUT2D eigenvalue weighted by Gasteiger charge is 2.10. The minimum Gasteiger partial charge on any atom is -0.360 e. The molecule has 1 amide bonds. The molecule has 0 bridgehead atoms. The molecule has 0 spiro atoms. The third-order valence-electron chi connectivity index (χ3n) is 3.66. The van der Waals surface area contributed by atoms with Gasteiger partial charge in [-0.3, -0.25) is 4.79 Å². The van der Waals surface area contributed by atoms with Crippen molar-refractivity contribution in [1.29, 1.82) is 5.26 Å². The van der Waals surface area contributed by atoms with E-state index in [1.807, 2.05) is 11.4 Å². The van der Waals surface area contributed by atoms with Crippen LogP contribution in [-0.2, 0) is 4.79 Å². The molecule has 1 aromatic heterocycles. The first-order chi connectivity index (χ1) is 13.5. The molecule has 0 aliphatic heterocycles. The molecule has 0 aliphatic carbocycles. The number of halogens is 2. The third kappa shape index (κ3) is 4.90. The van der Waals surface area contributed by atoms with Crippen LogP contribution in [0.3, 0.4) is 0 Å². The van der Waals surface area contributed by atoms with E-state index in [1.54, 1.807) is 42.6 Å². The average molecular weight is 429 g/mol. The predicted molar refractivity (Wildman–Crippen MR) is 116 cm³/mol. The second-order valence-electron chi connectivity index (χ2n) is 5.74. The monoisotopic (exact) mass is 428 g/mol. The molecule has 0 radical (unpaired) electrons. The van der Waals surface area contributed by atoms with E-state index in [-0.39, 0.29) is 5.91 Å². The SMILES string of the molecule is CC(=O)Nc1ccc(N/C=C(\C#N)c2nc(-c3ccc(Cl)c(Cl)c3)cs2)cc1. The van der Waals surface area contributed by atoms with Crippen molar-refractivity contribution in [3.8, 4) is 17.3 Å². The maximum atomic E-state index is 11.1. The van der Waals surface area contributed by atoms with Crippen LogP contribution in [0.2, 0.25) is 10.0 Å². The van der Waals surface area contributed by atoms with Crippen LogP contribution in [-0.4, -0.2) is 10.9 Å². The highest BCUT2D eigenvalue weighted by Crippen LogP contribution is 2.30. The van der Waals surface area contributed by atoms with Crippen molar-refractivity contribution in [3.05, 3.63) is 69.1 Å². The minimum absolute atomic E-state index is 0.131. The fourth-order valence-corrected chi connectivity index (χ4v) is 3.43. The maximum Gasteiger partial charge on any atom is 0.221 e. The Hall–Kier alpha value is -2.85. The normalized spacial score (nSPS) is 11.0. The van der Waals surface area contributed by atoms with Crippen LogP contribution in [0.15, 0.2) is 54.0 Å². The molecule has 2 aromatic carbocycles. The maximum absolute atomic E-state index is 11.1. The zero-order chi connectivity index (χ0) is 20.1. The van der Waals surface area contributed by atoms with Crippen LogP contribution >= 0.6 is 34.5 Å². The number of aromatic nitrogens is 1. The van der Waals surface area contributed by atoms with Crippen molar-refractivity contribution < 1.29 is 4.79 Å². The fourth-order valence-electron chi connectivity index (χ4n) is 2.34. The summed E-state index contributed by atoms with van der Waals surface area (Å²) in [6.07, 6.45) is 1.60. The Balaban J connectivity index is 1.76. The summed E-state index contributed by atoms with van der Waals surface area (Å²) >= 11 is 13.4. The predicted octanol–water partition coefficient (Wildman–Crippen LogP) is 6.05. The van der Waals surface area contributed by atoms with Crippen molar-refractivity contribution in [2.24, 2.45) is 0 Å². The van der Waals surface area contributed by atoms with E-state index in [1.165, 1.54) is 18.3 Å². The highest BCUT2D eigenvalue weighted by molar-refractivity contribution is 7.11. The average Bonchev–Trinajstić information content (AvgIpc) is 3.15. The van der Waals surface area contributed by atoms with Gasteiger partial charge in [-0.15, -0.1) is 11.3 Å². The Labute approximate surface area is 176 Å². The Kier molecular flexibility index (Phi) is 6.32. The van der Waals surface area contributed by atoms with Gasteiger partial charge in [0.2, 0.25) is 5.91 Å². The smallest absolute Gasteiger partial charge is 0.221 e. The first kappa shape index (κ1) is 19.9. The lowest BCUT2D eigenvalue weighted by atomic mass is 10.2. The summed E-state index contributed by atoms with van der Waals surface area (Å²) in [7, 11) is 0. The van der Waals surface area contributed by atoms with Gasteiger partial charge < -0.3 is 10.6 Å². The molecule has 0 aliphatic rings. The first-order valence-corrected chi connectivity index (χ1v) is 9.75. The summed E-state index contributed by atoms with van der Waals surface area (Å²) in [5, 5.41) is 18.6. The van der Waals surface area contributed by atoms with Gasteiger partial charge in [0.05, 0.1) is 15.7 Å². The number of hydrogen-bond donors (Lipinski definition) is 2. The van der Waals surface area contributed by atoms with Crippen molar-refractivity contribution in [2.75, 3.05) is 10.6 Å². The van der Waals surface area contributed by atoms with E-state index in [4.69, 9.17) is 23.2 Å². The molecule has 2 N–H and O–H groups in total. The van der Waals surface area contributed by atoms with Gasteiger partial charge in [-0.25, -0.2) is 4.98 Å². The quantitative estimate of drug-likeness (QED) is 0.484. The van der Waals surface area contributed by atoms with Crippen LogP contribution in [0.25, 0.3) is 16.8 Å². The van der Waals surface area contributed by atoms with Crippen LogP contribution in [0, 0.1) is 11.3 Å². The van der Waals surface area contributed by atoms with Gasteiger partial charge >= 0.3 is 0 Å². The largest absolute Gasteiger partial charge is 0.360 e. The summed E-state index contributed by atoms with van der Waals surface area (Å²) in [4.78, 5) is 15.6. The molecule has 8 heteroatoms. The molecule has 0 fully saturated rings. The van der Waals surface area contributed by atoms with Gasteiger partial charge in [-0.1, -0.05) is 29.3 Å². The minimum atomic E-state index is -0.131. The number of carbonyl (C=O) groups is 1. The number of nitriles is 1. The van der Waals surface area contributed by atoms with Crippen LogP contribution in [0.4, 0.5) is 11.4 Å². The highest BCUT2D eigenvalue weighted by atomic mass is 35.5. The topological polar surface area (TPSA) is 77.8 Å². The Bertz CT molecular complexity index is 1080. The summed E-state index contributed by atoms with van der Waals surface area (Å²) in [6.45, 7) is 1.45. The third-order valence-corrected chi connectivity index (χ3v) is 5.27. The fraction of sp³-hybridized carbons (Fsp3) is 0.0500. The van der Waals surface area contributed by atoms with Crippen molar-refractivity contribution >= 4 is 57.4 Å².